The predicted octanol–water partition coefficient (Wildman–Crippen LogP) is 1.34. The highest BCUT2D eigenvalue weighted by molar-refractivity contribution is 5.43. The van der Waals surface area contributed by atoms with Gasteiger partial charge >= 0.3 is 0 Å². The highest BCUT2D eigenvalue weighted by Gasteiger charge is 2.46. The number of nitrogens with zero attached hydrogens (tertiary/aromatic N) is 2. The van der Waals surface area contributed by atoms with Gasteiger partial charge in [-0.15, -0.1) is 0 Å². The predicted molar refractivity (Wildman–Crippen MR) is 52.5 cm³/mol. The maximum atomic E-state index is 10.3. The zero-order valence-corrected chi connectivity index (χ0v) is 8.19. The molecule has 0 N–H and O–H groups in total. The van der Waals surface area contributed by atoms with Gasteiger partial charge in [0.25, 0.3) is 0 Å². The molecule has 0 spiro atoms. The Morgan fingerprint density at radius 1 is 1.53 bits per heavy atom. The summed E-state index contributed by atoms with van der Waals surface area (Å²) in [7, 11) is 0. The first-order valence-electron chi connectivity index (χ1n) is 5.05. The molecule has 15 heavy (non-hydrogen) atoms. The molecule has 3 rings (SSSR count). The number of fused-ring (bicyclic) bond motifs is 1. The molecular weight excluding hydrogens is 192 g/mol. The van der Waals surface area contributed by atoms with Crippen LogP contribution in [0.25, 0.3) is 0 Å². The molecule has 2 aliphatic rings. The highest BCUT2D eigenvalue weighted by Crippen LogP contribution is 2.49. The maximum absolute atomic E-state index is 10.3. The molecule has 76 valence electrons. The van der Waals surface area contributed by atoms with Crippen molar-refractivity contribution in [1.29, 1.82) is 0 Å². The van der Waals surface area contributed by atoms with E-state index in [1.54, 1.807) is 12.3 Å². The van der Waals surface area contributed by atoms with Crippen LogP contribution in [0.5, 0.6) is 5.75 Å². The van der Waals surface area contributed by atoms with Crippen LogP contribution in [0.4, 0.5) is 0 Å². The Balaban J connectivity index is 2.03. The minimum absolute atomic E-state index is 0.362. The Morgan fingerprint density at radius 2 is 2.40 bits per heavy atom. The number of pyridine rings is 1. The van der Waals surface area contributed by atoms with Crippen molar-refractivity contribution in [3.63, 3.8) is 0 Å². The number of hydrogen-bond donors (Lipinski definition) is 0. The van der Waals surface area contributed by atoms with Crippen molar-refractivity contribution in [2.24, 2.45) is 4.99 Å². The van der Waals surface area contributed by atoms with Crippen molar-refractivity contribution in [3.8, 4) is 5.75 Å². The average Bonchev–Trinajstić information content (AvgIpc) is 2.89. The van der Waals surface area contributed by atoms with Crippen LogP contribution in [-0.2, 0) is 16.8 Å². The lowest BCUT2D eigenvalue weighted by Gasteiger charge is -2.07. The fourth-order valence-electron chi connectivity index (χ4n) is 1.97. The highest BCUT2D eigenvalue weighted by atomic mass is 16.5. The first-order chi connectivity index (χ1) is 7.34. The molecule has 0 atom stereocenters. The number of isocyanates is 1. The van der Waals surface area contributed by atoms with Crippen molar-refractivity contribution in [2.45, 2.75) is 24.8 Å². The summed E-state index contributed by atoms with van der Waals surface area (Å²) >= 11 is 0. The van der Waals surface area contributed by atoms with E-state index in [2.05, 4.69) is 9.98 Å². The summed E-state index contributed by atoms with van der Waals surface area (Å²) in [5.74, 6) is 0.865. The lowest BCUT2D eigenvalue weighted by Crippen LogP contribution is -2.05. The lowest BCUT2D eigenvalue weighted by molar-refractivity contribution is 0.355. The summed E-state index contributed by atoms with van der Waals surface area (Å²) in [4.78, 5) is 18.5. The van der Waals surface area contributed by atoms with Crippen molar-refractivity contribution in [2.75, 3.05) is 6.61 Å². The molecule has 1 aromatic rings. The Bertz CT molecular complexity index is 460. The van der Waals surface area contributed by atoms with E-state index in [4.69, 9.17) is 4.74 Å². The number of aromatic nitrogens is 1. The van der Waals surface area contributed by atoms with E-state index in [0.717, 1.165) is 37.3 Å². The van der Waals surface area contributed by atoms with Gasteiger partial charge in [-0.2, -0.15) is 4.99 Å². The summed E-state index contributed by atoms with van der Waals surface area (Å²) in [6.07, 6.45) is 6.09. The van der Waals surface area contributed by atoms with Crippen LogP contribution in [0.15, 0.2) is 17.3 Å². The number of hydrogen-bond acceptors (Lipinski definition) is 4. The SMILES string of the molecule is O=C=NC1(c2cc3c(cn2)OCC3)CC1. The third-order valence-electron chi connectivity index (χ3n) is 3.04. The summed E-state index contributed by atoms with van der Waals surface area (Å²) in [6.45, 7) is 0.727. The summed E-state index contributed by atoms with van der Waals surface area (Å²) in [5, 5.41) is 0. The maximum Gasteiger partial charge on any atom is 0.235 e. The van der Waals surface area contributed by atoms with Crippen LogP contribution in [0.2, 0.25) is 0 Å². The molecule has 4 heteroatoms. The number of rotatable bonds is 2. The summed E-state index contributed by atoms with van der Waals surface area (Å²) < 4.78 is 5.38. The summed E-state index contributed by atoms with van der Waals surface area (Å²) in [6, 6.07) is 2.01. The van der Waals surface area contributed by atoms with E-state index < -0.39 is 0 Å². The molecule has 1 saturated carbocycles. The zero-order valence-electron chi connectivity index (χ0n) is 8.19. The van der Waals surface area contributed by atoms with Crippen LogP contribution in [0.3, 0.4) is 0 Å². The van der Waals surface area contributed by atoms with Gasteiger partial charge in [0.2, 0.25) is 6.08 Å². The molecule has 4 nitrogen and oxygen atoms in total. The molecule has 2 heterocycles. The van der Waals surface area contributed by atoms with Crippen molar-refractivity contribution in [1.82, 2.24) is 4.98 Å². The Kier molecular flexibility index (Phi) is 1.67. The van der Waals surface area contributed by atoms with Crippen LogP contribution < -0.4 is 4.74 Å². The second kappa shape index (κ2) is 2.91. The fraction of sp³-hybridized carbons (Fsp3) is 0.455. The third kappa shape index (κ3) is 1.26. The quantitative estimate of drug-likeness (QED) is 0.537. The molecule has 0 amide bonds. The van der Waals surface area contributed by atoms with Crippen molar-refractivity contribution in [3.05, 3.63) is 23.5 Å². The molecule has 0 radical (unpaired) electrons. The monoisotopic (exact) mass is 202 g/mol. The first kappa shape index (κ1) is 8.62. The molecule has 1 aromatic heterocycles. The number of aliphatic imine (C=N–C) groups is 1. The van der Waals surface area contributed by atoms with Crippen LogP contribution in [0, 0.1) is 0 Å². The van der Waals surface area contributed by atoms with Crippen molar-refractivity contribution >= 4 is 6.08 Å². The van der Waals surface area contributed by atoms with Gasteiger partial charge in [-0.3, -0.25) is 4.98 Å². The topological polar surface area (TPSA) is 51.5 Å². The van der Waals surface area contributed by atoms with E-state index in [-0.39, 0.29) is 5.54 Å². The smallest absolute Gasteiger partial charge is 0.235 e. The minimum Gasteiger partial charge on any atom is -0.491 e. The van der Waals surface area contributed by atoms with Gasteiger partial charge in [-0.1, -0.05) is 0 Å². The second-order valence-electron chi connectivity index (χ2n) is 4.01. The van der Waals surface area contributed by atoms with Crippen LogP contribution >= 0.6 is 0 Å². The molecule has 0 unspecified atom stereocenters. The zero-order chi connectivity index (χ0) is 10.3. The van der Waals surface area contributed by atoms with E-state index in [1.165, 1.54) is 5.56 Å². The molecule has 0 aromatic carbocycles. The molecule has 1 aliphatic carbocycles. The van der Waals surface area contributed by atoms with Gasteiger partial charge in [0, 0.05) is 12.0 Å². The van der Waals surface area contributed by atoms with E-state index in [9.17, 15) is 4.79 Å². The number of ether oxygens (including phenoxy) is 1. The Morgan fingerprint density at radius 3 is 3.13 bits per heavy atom. The van der Waals surface area contributed by atoms with Gasteiger partial charge < -0.3 is 4.74 Å². The van der Waals surface area contributed by atoms with Crippen LogP contribution in [-0.4, -0.2) is 17.7 Å². The average molecular weight is 202 g/mol. The molecule has 1 aliphatic heterocycles. The molecule has 0 saturated heterocycles. The van der Waals surface area contributed by atoms with Crippen LogP contribution in [0.1, 0.15) is 24.1 Å². The summed E-state index contributed by atoms with van der Waals surface area (Å²) in [5.41, 5.74) is 1.70. The van der Waals surface area contributed by atoms with Gasteiger partial charge in [-0.05, 0) is 18.9 Å². The lowest BCUT2D eigenvalue weighted by atomic mass is 10.1. The van der Waals surface area contributed by atoms with Gasteiger partial charge in [0.05, 0.1) is 18.5 Å². The minimum atomic E-state index is -0.362. The van der Waals surface area contributed by atoms with Gasteiger partial charge in [0.1, 0.15) is 11.3 Å². The normalized spacial score (nSPS) is 20.0. The largest absolute Gasteiger partial charge is 0.491 e. The van der Waals surface area contributed by atoms with Crippen molar-refractivity contribution < 1.29 is 9.53 Å². The van der Waals surface area contributed by atoms with E-state index in [1.807, 2.05) is 6.07 Å². The molecular formula is C11H10N2O2. The molecule has 0 bridgehead atoms. The third-order valence-corrected chi connectivity index (χ3v) is 3.04. The Hall–Kier alpha value is -1.67. The molecule has 1 fully saturated rings. The number of carbonyl (C=O) groups excluding carboxylic acids is 1. The van der Waals surface area contributed by atoms with Gasteiger partial charge in [-0.25, -0.2) is 4.79 Å². The second-order valence-corrected chi connectivity index (χ2v) is 4.01. The standard InChI is InChI=1S/C11H10N2O2/c14-7-13-11(2-3-11)10-5-8-1-4-15-9(8)6-12-10/h5-6H,1-4H2. The Labute approximate surface area is 87.0 Å². The van der Waals surface area contributed by atoms with E-state index >= 15 is 0 Å². The first-order valence-corrected chi connectivity index (χ1v) is 5.05. The van der Waals surface area contributed by atoms with E-state index in [0.29, 0.717) is 0 Å². The van der Waals surface area contributed by atoms with Gasteiger partial charge in [0.15, 0.2) is 0 Å². The fourth-order valence-corrected chi connectivity index (χ4v) is 1.97.